The quantitative estimate of drug-likeness (QED) is 0.889. The van der Waals surface area contributed by atoms with Gasteiger partial charge in [0.2, 0.25) is 0 Å². The van der Waals surface area contributed by atoms with Crippen LogP contribution in [0.15, 0.2) is 36.5 Å². The number of likely N-dealkylation sites (N-methyl/N-ethyl adjacent to an activating group) is 2. The van der Waals surface area contributed by atoms with Crippen LogP contribution in [0.1, 0.15) is 16.1 Å². The molecular formula is C15H18ClF3N4O. The fourth-order valence-electron chi connectivity index (χ4n) is 2.10. The number of nitrogens with one attached hydrogen (secondary N) is 1. The van der Waals surface area contributed by atoms with Gasteiger partial charge in [0.15, 0.2) is 0 Å². The van der Waals surface area contributed by atoms with Gasteiger partial charge in [-0.15, -0.1) is 12.4 Å². The molecule has 5 nitrogen and oxygen atoms in total. The van der Waals surface area contributed by atoms with Crippen molar-refractivity contribution in [2.45, 2.75) is 6.18 Å². The fraction of sp³-hybridized carbons (Fsp3) is 0.333. The van der Waals surface area contributed by atoms with Crippen LogP contribution in [-0.2, 0) is 6.18 Å². The molecule has 24 heavy (non-hydrogen) atoms. The van der Waals surface area contributed by atoms with Crippen molar-refractivity contribution >= 4 is 18.3 Å². The molecule has 9 heteroatoms. The first-order valence-electron chi connectivity index (χ1n) is 6.96. The van der Waals surface area contributed by atoms with Gasteiger partial charge in [0.05, 0.1) is 11.9 Å². The Kier molecular flexibility index (Phi) is 6.80. The average Bonchev–Trinajstić information content (AvgIpc) is 3.02. The predicted octanol–water partition coefficient (Wildman–Crippen LogP) is 2.60. The molecule has 0 unspecified atom stereocenters. The number of aromatic nitrogens is 2. The van der Waals surface area contributed by atoms with Crippen molar-refractivity contribution in [1.82, 2.24) is 20.0 Å². The lowest BCUT2D eigenvalue weighted by atomic mass is 10.1. The standard InChI is InChI=1S/C15H17F3N4O.ClH/c1-19-8-9-21(2)14(23)11-4-3-5-12(10-11)22-13(6-7-20-22)15(16,17)18;/h3-7,10,19H,8-9H2,1-2H3;1H. The molecule has 2 aromatic rings. The third kappa shape index (κ3) is 4.48. The molecule has 1 heterocycles. The van der Waals surface area contributed by atoms with E-state index in [0.29, 0.717) is 18.7 Å². The lowest BCUT2D eigenvalue weighted by molar-refractivity contribution is -0.142. The van der Waals surface area contributed by atoms with E-state index in [1.54, 1.807) is 20.2 Å². The highest BCUT2D eigenvalue weighted by Crippen LogP contribution is 2.30. The molecule has 1 aromatic heterocycles. The topological polar surface area (TPSA) is 50.2 Å². The minimum atomic E-state index is -4.51. The lowest BCUT2D eigenvalue weighted by Crippen LogP contribution is -2.32. The lowest BCUT2D eigenvalue weighted by Gasteiger charge is -2.17. The molecule has 1 amide bonds. The molecule has 0 atom stereocenters. The van der Waals surface area contributed by atoms with Gasteiger partial charge in [-0.3, -0.25) is 4.79 Å². The monoisotopic (exact) mass is 362 g/mol. The summed E-state index contributed by atoms with van der Waals surface area (Å²) in [5.74, 6) is -0.261. The third-order valence-corrected chi connectivity index (χ3v) is 3.31. The number of halogens is 4. The van der Waals surface area contributed by atoms with Gasteiger partial charge in [0.25, 0.3) is 5.91 Å². The van der Waals surface area contributed by atoms with E-state index >= 15 is 0 Å². The highest BCUT2D eigenvalue weighted by molar-refractivity contribution is 5.94. The van der Waals surface area contributed by atoms with Crippen molar-refractivity contribution in [1.29, 1.82) is 0 Å². The number of nitrogens with zero attached hydrogens (tertiary/aromatic N) is 3. The van der Waals surface area contributed by atoms with Crippen LogP contribution in [0.4, 0.5) is 13.2 Å². The van der Waals surface area contributed by atoms with E-state index in [1.807, 2.05) is 0 Å². The Morgan fingerprint density at radius 1 is 1.33 bits per heavy atom. The summed E-state index contributed by atoms with van der Waals surface area (Å²) in [5, 5.41) is 6.64. The zero-order valence-corrected chi connectivity index (χ0v) is 14.0. The Morgan fingerprint density at radius 3 is 2.67 bits per heavy atom. The number of carbonyl (C=O) groups excluding carboxylic acids is 1. The van der Waals surface area contributed by atoms with Crippen LogP contribution in [0.3, 0.4) is 0 Å². The molecule has 1 aromatic carbocycles. The molecule has 1 N–H and O–H groups in total. The Balaban J connectivity index is 0.00000288. The van der Waals surface area contributed by atoms with Crippen LogP contribution < -0.4 is 5.32 Å². The van der Waals surface area contributed by atoms with Crippen LogP contribution in [-0.4, -0.2) is 47.8 Å². The van der Waals surface area contributed by atoms with Crippen molar-refractivity contribution in [3.63, 3.8) is 0 Å². The van der Waals surface area contributed by atoms with Crippen molar-refractivity contribution in [2.75, 3.05) is 27.2 Å². The Hall–Kier alpha value is -2.06. The summed E-state index contributed by atoms with van der Waals surface area (Å²) in [4.78, 5) is 13.8. The normalized spacial score (nSPS) is 11.0. The summed E-state index contributed by atoms with van der Waals surface area (Å²) in [5.41, 5.74) is -0.384. The maximum Gasteiger partial charge on any atom is 0.433 e. The minimum absolute atomic E-state index is 0. The zero-order chi connectivity index (χ0) is 17.0. The van der Waals surface area contributed by atoms with Crippen LogP contribution in [0.2, 0.25) is 0 Å². The smallest absolute Gasteiger partial charge is 0.340 e. The SMILES string of the molecule is CNCCN(C)C(=O)c1cccc(-n2nccc2C(F)(F)F)c1.Cl. The summed E-state index contributed by atoms with van der Waals surface area (Å²) in [7, 11) is 3.41. The highest BCUT2D eigenvalue weighted by Gasteiger charge is 2.35. The first kappa shape index (κ1) is 20.0. The van der Waals surface area contributed by atoms with Gasteiger partial charge in [-0.25, -0.2) is 4.68 Å². The Labute approximate surface area is 143 Å². The minimum Gasteiger partial charge on any atom is -0.340 e. The first-order chi connectivity index (χ1) is 10.8. The van der Waals surface area contributed by atoms with Gasteiger partial charge in [-0.2, -0.15) is 18.3 Å². The van der Waals surface area contributed by atoms with Gasteiger partial charge >= 0.3 is 6.18 Å². The predicted molar refractivity (Wildman–Crippen MR) is 86.7 cm³/mol. The van der Waals surface area contributed by atoms with E-state index in [-0.39, 0.29) is 24.0 Å². The maximum absolute atomic E-state index is 13.0. The summed E-state index contributed by atoms with van der Waals surface area (Å²) < 4.78 is 39.6. The summed E-state index contributed by atoms with van der Waals surface area (Å²) in [6, 6.07) is 6.88. The van der Waals surface area contributed by atoms with E-state index < -0.39 is 11.9 Å². The fourth-order valence-corrected chi connectivity index (χ4v) is 2.10. The van der Waals surface area contributed by atoms with Gasteiger partial charge in [-0.1, -0.05) is 6.07 Å². The molecular weight excluding hydrogens is 345 g/mol. The largest absolute Gasteiger partial charge is 0.433 e. The van der Waals surface area contributed by atoms with E-state index in [2.05, 4.69) is 10.4 Å². The number of hydrogen-bond acceptors (Lipinski definition) is 3. The van der Waals surface area contributed by atoms with Gasteiger partial charge in [0.1, 0.15) is 5.69 Å². The van der Waals surface area contributed by atoms with E-state index in [0.717, 1.165) is 16.9 Å². The summed E-state index contributed by atoms with van der Waals surface area (Å²) in [6.07, 6.45) is -3.43. The summed E-state index contributed by atoms with van der Waals surface area (Å²) in [6.45, 7) is 1.12. The molecule has 0 aliphatic rings. The molecule has 0 fully saturated rings. The molecule has 0 aliphatic carbocycles. The zero-order valence-electron chi connectivity index (χ0n) is 13.2. The number of alkyl halides is 3. The molecule has 0 radical (unpaired) electrons. The Bertz CT molecular complexity index is 687. The molecule has 2 rings (SSSR count). The van der Waals surface area contributed by atoms with Crippen LogP contribution in [0, 0.1) is 0 Å². The summed E-state index contributed by atoms with van der Waals surface area (Å²) >= 11 is 0. The molecule has 0 saturated heterocycles. The highest BCUT2D eigenvalue weighted by atomic mass is 35.5. The van der Waals surface area contributed by atoms with Gasteiger partial charge < -0.3 is 10.2 Å². The van der Waals surface area contributed by atoms with Gasteiger partial charge in [-0.05, 0) is 31.3 Å². The number of carbonyl (C=O) groups is 1. The third-order valence-electron chi connectivity index (χ3n) is 3.31. The van der Waals surface area contributed by atoms with Crippen LogP contribution in [0.25, 0.3) is 5.69 Å². The second-order valence-corrected chi connectivity index (χ2v) is 5.01. The molecule has 0 aliphatic heterocycles. The van der Waals surface area contributed by atoms with Gasteiger partial charge in [0, 0.05) is 25.7 Å². The first-order valence-corrected chi connectivity index (χ1v) is 6.96. The molecule has 0 bridgehead atoms. The number of hydrogen-bond donors (Lipinski definition) is 1. The van der Waals surface area contributed by atoms with E-state index in [9.17, 15) is 18.0 Å². The molecule has 132 valence electrons. The molecule has 0 saturated carbocycles. The van der Waals surface area contributed by atoms with Crippen LogP contribution in [0.5, 0.6) is 0 Å². The average molecular weight is 363 g/mol. The maximum atomic E-state index is 13.0. The van der Waals surface area contributed by atoms with E-state index in [1.165, 1.54) is 23.1 Å². The van der Waals surface area contributed by atoms with Crippen molar-refractivity contribution < 1.29 is 18.0 Å². The number of benzene rings is 1. The van der Waals surface area contributed by atoms with Crippen molar-refractivity contribution in [3.8, 4) is 5.69 Å². The second kappa shape index (κ2) is 8.16. The number of rotatable bonds is 5. The van der Waals surface area contributed by atoms with Crippen LogP contribution >= 0.6 is 12.4 Å². The molecule has 0 spiro atoms. The Morgan fingerprint density at radius 2 is 2.04 bits per heavy atom. The van der Waals surface area contributed by atoms with E-state index in [4.69, 9.17) is 0 Å². The van der Waals surface area contributed by atoms with Crippen molar-refractivity contribution in [2.24, 2.45) is 0 Å². The number of amides is 1. The second-order valence-electron chi connectivity index (χ2n) is 5.01. The van der Waals surface area contributed by atoms with Crippen molar-refractivity contribution in [3.05, 3.63) is 47.8 Å².